The Balaban J connectivity index is 1.91. The lowest BCUT2D eigenvalue weighted by Crippen LogP contribution is -1.95. The van der Waals surface area contributed by atoms with E-state index in [-0.39, 0.29) is 0 Å². The molecule has 0 spiro atoms. The van der Waals surface area contributed by atoms with E-state index in [1.807, 2.05) is 0 Å². The van der Waals surface area contributed by atoms with Crippen LogP contribution in [0.15, 0.2) is 6.33 Å². The Labute approximate surface area is 112 Å². The van der Waals surface area contributed by atoms with E-state index in [2.05, 4.69) is 26.9 Å². The molecular weight excluding hydrogens is 244 g/mol. The van der Waals surface area contributed by atoms with Gasteiger partial charge in [0.15, 0.2) is 10.4 Å². The molecule has 0 unspecified atom stereocenters. The van der Waals surface area contributed by atoms with Crippen molar-refractivity contribution in [3.05, 3.63) is 16.8 Å². The van der Waals surface area contributed by atoms with Gasteiger partial charge in [0.1, 0.15) is 5.52 Å². The van der Waals surface area contributed by atoms with Gasteiger partial charge in [0.2, 0.25) is 0 Å². The Kier molecular flexibility index (Phi) is 4.87. The normalized spacial score (nSPS) is 11.2. The van der Waals surface area contributed by atoms with Crippen LogP contribution in [0.1, 0.15) is 51.1 Å². The van der Waals surface area contributed by atoms with Gasteiger partial charge in [0.05, 0.1) is 6.33 Å². The van der Waals surface area contributed by atoms with E-state index in [9.17, 15) is 0 Å². The van der Waals surface area contributed by atoms with Crippen LogP contribution in [0.4, 0.5) is 0 Å². The highest BCUT2D eigenvalue weighted by atomic mass is 32.1. The van der Waals surface area contributed by atoms with Gasteiger partial charge < -0.3 is 9.97 Å². The Morgan fingerprint density at radius 1 is 1.17 bits per heavy atom. The molecule has 5 heteroatoms. The minimum absolute atomic E-state index is 0.524. The molecule has 98 valence electrons. The molecule has 0 atom stereocenters. The molecule has 0 saturated carbocycles. The molecule has 0 bridgehead atoms. The lowest BCUT2D eigenvalue weighted by molar-refractivity contribution is 0.605. The first-order chi connectivity index (χ1) is 8.81. The standard InChI is InChI=1S/C13H20N4S/c1-2-3-4-5-6-7-8-10-11-12(15-9-14-11)17-13(18)16-10/h9H,2-8H2,1H3,(H2,14,15,16,17,18). The fourth-order valence-corrected chi connectivity index (χ4v) is 2.39. The van der Waals surface area contributed by atoms with E-state index in [1.54, 1.807) is 6.33 Å². The van der Waals surface area contributed by atoms with Crippen molar-refractivity contribution in [2.24, 2.45) is 0 Å². The van der Waals surface area contributed by atoms with Crippen molar-refractivity contribution in [3.8, 4) is 0 Å². The smallest absolute Gasteiger partial charge is 0.199 e. The van der Waals surface area contributed by atoms with Gasteiger partial charge in [0.25, 0.3) is 0 Å². The molecule has 0 aliphatic carbocycles. The van der Waals surface area contributed by atoms with Gasteiger partial charge in [0, 0.05) is 5.69 Å². The number of hydrogen-bond donors (Lipinski definition) is 2. The summed E-state index contributed by atoms with van der Waals surface area (Å²) >= 11 is 5.11. The Morgan fingerprint density at radius 2 is 1.94 bits per heavy atom. The Morgan fingerprint density at radius 3 is 2.78 bits per heavy atom. The molecule has 0 aromatic carbocycles. The van der Waals surface area contributed by atoms with Gasteiger partial charge in [-0.15, -0.1) is 0 Å². The van der Waals surface area contributed by atoms with Crippen LogP contribution in [0.2, 0.25) is 0 Å². The highest BCUT2D eigenvalue weighted by molar-refractivity contribution is 7.71. The first-order valence-electron chi connectivity index (χ1n) is 6.73. The van der Waals surface area contributed by atoms with Crippen molar-refractivity contribution in [1.82, 2.24) is 19.9 Å². The zero-order chi connectivity index (χ0) is 12.8. The molecule has 0 amide bonds. The second-order valence-corrected chi connectivity index (χ2v) is 5.03. The summed E-state index contributed by atoms with van der Waals surface area (Å²) in [6.45, 7) is 2.24. The van der Waals surface area contributed by atoms with E-state index < -0.39 is 0 Å². The molecule has 2 rings (SSSR count). The van der Waals surface area contributed by atoms with Crippen LogP contribution >= 0.6 is 12.2 Å². The SMILES string of the molecule is CCCCCCCCc1[nH]c(=S)nc2nc[nH]c12. The average molecular weight is 264 g/mol. The van der Waals surface area contributed by atoms with E-state index in [1.165, 1.54) is 38.5 Å². The van der Waals surface area contributed by atoms with E-state index in [0.717, 1.165) is 23.3 Å². The van der Waals surface area contributed by atoms with Gasteiger partial charge >= 0.3 is 0 Å². The summed E-state index contributed by atoms with van der Waals surface area (Å²) < 4.78 is 0.524. The molecule has 2 N–H and O–H groups in total. The van der Waals surface area contributed by atoms with Crippen molar-refractivity contribution in [2.45, 2.75) is 51.9 Å². The van der Waals surface area contributed by atoms with Crippen molar-refractivity contribution in [1.29, 1.82) is 0 Å². The third kappa shape index (κ3) is 3.38. The number of nitrogens with zero attached hydrogens (tertiary/aromatic N) is 2. The Bertz CT molecular complexity index is 543. The summed E-state index contributed by atoms with van der Waals surface area (Å²) in [5, 5.41) is 0. The largest absolute Gasteiger partial charge is 0.342 e. The third-order valence-electron chi connectivity index (χ3n) is 3.17. The van der Waals surface area contributed by atoms with Gasteiger partial charge in [-0.2, -0.15) is 4.98 Å². The number of nitrogens with one attached hydrogen (secondary N) is 2. The number of unbranched alkanes of at least 4 members (excludes halogenated alkanes) is 5. The zero-order valence-electron chi connectivity index (χ0n) is 10.8. The summed E-state index contributed by atoms with van der Waals surface area (Å²) in [5.74, 6) is 0. The minimum atomic E-state index is 0.524. The highest BCUT2D eigenvalue weighted by Gasteiger charge is 2.05. The number of fused-ring (bicyclic) bond motifs is 1. The molecule has 0 aliphatic heterocycles. The fourth-order valence-electron chi connectivity index (χ4n) is 2.18. The van der Waals surface area contributed by atoms with E-state index in [0.29, 0.717) is 4.77 Å². The molecule has 0 aliphatic rings. The summed E-state index contributed by atoms with van der Waals surface area (Å²) in [6, 6.07) is 0. The average Bonchev–Trinajstić information content (AvgIpc) is 2.81. The summed E-state index contributed by atoms with van der Waals surface area (Å²) in [5.41, 5.74) is 2.86. The van der Waals surface area contributed by atoms with Crippen LogP contribution in [0.25, 0.3) is 11.2 Å². The van der Waals surface area contributed by atoms with Gasteiger partial charge in [-0.25, -0.2) is 4.98 Å². The maximum Gasteiger partial charge on any atom is 0.199 e. The quantitative estimate of drug-likeness (QED) is 0.588. The topological polar surface area (TPSA) is 57.4 Å². The maximum atomic E-state index is 5.11. The van der Waals surface area contributed by atoms with Gasteiger partial charge in [-0.05, 0) is 25.1 Å². The molecule has 0 saturated heterocycles. The van der Waals surface area contributed by atoms with Gasteiger partial charge in [-0.3, -0.25) is 0 Å². The van der Waals surface area contributed by atoms with Gasteiger partial charge in [-0.1, -0.05) is 39.0 Å². The van der Waals surface area contributed by atoms with Crippen molar-refractivity contribution in [3.63, 3.8) is 0 Å². The summed E-state index contributed by atoms with van der Waals surface area (Å²) in [6.07, 6.45) is 10.5. The van der Waals surface area contributed by atoms with Crippen molar-refractivity contribution >= 4 is 23.4 Å². The second-order valence-electron chi connectivity index (χ2n) is 4.64. The monoisotopic (exact) mass is 264 g/mol. The predicted octanol–water partition coefficient (Wildman–Crippen LogP) is 3.92. The number of rotatable bonds is 7. The summed E-state index contributed by atoms with van der Waals surface area (Å²) in [7, 11) is 0. The molecule has 18 heavy (non-hydrogen) atoms. The molecular formula is C13H20N4S. The number of H-pyrrole nitrogens is 2. The molecule has 4 nitrogen and oxygen atoms in total. The van der Waals surface area contributed by atoms with E-state index >= 15 is 0 Å². The Hall–Kier alpha value is -1.23. The molecule has 2 aromatic heterocycles. The molecule has 0 fully saturated rings. The van der Waals surface area contributed by atoms with Crippen molar-refractivity contribution < 1.29 is 0 Å². The van der Waals surface area contributed by atoms with Crippen LogP contribution in [-0.4, -0.2) is 19.9 Å². The molecule has 0 radical (unpaired) electrons. The second kappa shape index (κ2) is 6.64. The lowest BCUT2D eigenvalue weighted by atomic mass is 10.1. The third-order valence-corrected chi connectivity index (χ3v) is 3.36. The maximum absolute atomic E-state index is 5.11. The first kappa shape index (κ1) is 13.2. The van der Waals surface area contributed by atoms with Crippen LogP contribution in [0.3, 0.4) is 0 Å². The fraction of sp³-hybridized carbons (Fsp3) is 0.615. The van der Waals surface area contributed by atoms with Crippen molar-refractivity contribution in [2.75, 3.05) is 0 Å². The van der Waals surface area contributed by atoms with Crippen LogP contribution in [0, 0.1) is 4.77 Å². The van der Waals surface area contributed by atoms with Crippen LogP contribution < -0.4 is 0 Å². The number of hydrogen-bond acceptors (Lipinski definition) is 3. The number of imidazole rings is 1. The minimum Gasteiger partial charge on any atom is -0.342 e. The highest BCUT2D eigenvalue weighted by Crippen LogP contribution is 2.14. The van der Waals surface area contributed by atoms with Crippen LogP contribution in [-0.2, 0) is 6.42 Å². The zero-order valence-corrected chi connectivity index (χ0v) is 11.6. The number of aromatic amines is 2. The predicted molar refractivity (Wildman–Crippen MR) is 76.2 cm³/mol. The first-order valence-corrected chi connectivity index (χ1v) is 7.14. The van der Waals surface area contributed by atoms with E-state index in [4.69, 9.17) is 12.2 Å². The molecule has 2 aromatic rings. The summed E-state index contributed by atoms with van der Waals surface area (Å²) in [4.78, 5) is 14.6. The number of aryl methyl sites for hydroxylation is 1. The number of aromatic nitrogens is 4. The molecule has 2 heterocycles. The van der Waals surface area contributed by atoms with Crippen LogP contribution in [0.5, 0.6) is 0 Å². The lowest BCUT2D eigenvalue weighted by Gasteiger charge is -2.03.